The van der Waals surface area contributed by atoms with E-state index in [4.69, 9.17) is 17.3 Å². The number of allylic oxidation sites excluding steroid dienone is 3. The fourth-order valence-corrected chi connectivity index (χ4v) is 4.06. The first-order valence-corrected chi connectivity index (χ1v) is 8.93. The van der Waals surface area contributed by atoms with E-state index < -0.39 is 5.92 Å². The van der Waals surface area contributed by atoms with Gasteiger partial charge in [0.1, 0.15) is 5.82 Å². The molecule has 0 unspecified atom stereocenters. The van der Waals surface area contributed by atoms with Gasteiger partial charge < -0.3 is 5.73 Å². The molecule has 1 heterocycles. The Morgan fingerprint density at radius 3 is 2.42 bits per heavy atom. The zero-order chi connectivity index (χ0) is 19.2. The Bertz CT molecular complexity index is 859. The molecule has 1 aromatic rings. The van der Waals surface area contributed by atoms with Crippen LogP contribution in [0.15, 0.2) is 46.9 Å². The Morgan fingerprint density at radius 1 is 1.27 bits per heavy atom. The van der Waals surface area contributed by atoms with Crippen LogP contribution in [0.5, 0.6) is 0 Å². The first kappa shape index (κ1) is 18.5. The van der Waals surface area contributed by atoms with Crippen LogP contribution < -0.4 is 5.73 Å². The van der Waals surface area contributed by atoms with Crippen molar-refractivity contribution in [3.63, 3.8) is 0 Å². The van der Waals surface area contributed by atoms with Crippen molar-refractivity contribution >= 4 is 17.4 Å². The number of nitriles is 1. The monoisotopic (exact) mass is 370 g/mol. The average molecular weight is 371 g/mol. The number of rotatable bonds is 2. The van der Waals surface area contributed by atoms with E-state index in [2.05, 4.69) is 19.9 Å². The highest BCUT2D eigenvalue weighted by Crippen LogP contribution is 2.49. The molecule has 0 amide bonds. The largest absolute Gasteiger partial charge is 0.383 e. The average Bonchev–Trinajstić information content (AvgIpc) is 2.53. The molecule has 0 saturated carbocycles. The van der Waals surface area contributed by atoms with Crippen LogP contribution in [0, 0.1) is 16.7 Å². The second-order valence-corrected chi connectivity index (χ2v) is 8.29. The highest BCUT2D eigenvalue weighted by atomic mass is 35.5. The minimum atomic E-state index is -0.452. The molecule has 1 aliphatic carbocycles. The van der Waals surface area contributed by atoms with E-state index in [1.165, 1.54) is 0 Å². The van der Waals surface area contributed by atoms with Gasteiger partial charge in [-0.3, -0.25) is 9.80 Å². The quantitative estimate of drug-likeness (QED) is 0.861. The molecule has 0 radical (unpaired) electrons. The molecule has 0 aromatic heterocycles. The van der Waals surface area contributed by atoms with Crippen molar-refractivity contribution in [1.82, 2.24) is 10.0 Å². The van der Waals surface area contributed by atoms with E-state index in [1.807, 2.05) is 31.2 Å². The first-order chi connectivity index (χ1) is 12.2. The number of hydrogen-bond acceptors (Lipinski definition) is 5. The van der Waals surface area contributed by atoms with Gasteiger partial charge in [0.05, 0.1) is 17.6 Å². The van der Waals surface area contributed by atoms with Crippen LogP contribution in [0.2, 0.25) is 5.02 Å². The fourth-order valence-electron chi connectivity index (χ4n) is 3.94. The number of nitrogens with zero attached hydrogens (tertiary/aromatic N) is 3. The molecule has 26 heavy (non-hydrogen) atoms. The number of benzene rings is 1. The third-order valence-electron chi connectivity index (χ3n) is 4.96. The number of hydrogen-bond donors (Lipinski definition) is 1. The highest BCUT2D eigenvalue weighted by Gasteiger charge is 2.44. The maximum Gasteiger partial charge on any atom is 0.162 e. The summed E-state index contributed by atoms with van der Waals surface area (Å²) in [5, 5.41) is 14.1. The molecular weight excluding hydrogens is 348 g/mol. The molecule has 0 saturated heterocycles. The molecular formula is C20H23ClN4O. The summed E-state index contributed by atoms with van der Waals surface area (Å²) in [5.41, 5.74) is 9.05. The minimum absolute atomic E-state index is 0.0725. The second-order valence-electron chi connectivity index (χ2n) is 7.86. The number of ketones is 1. The standard InChI is InChI=1S/C20H23ClN4O/c1-20(2)9-15-18(16(26)10-20)17(12-5-7-13(21)8-6-12)14(11-22)19(23)25(15)24(3)4/h5-8,17H,9-10,23H2,1-4H3/t17-/m0/s1. The predicted octanol–water partition coefficient (Wildman–Crippen LogP) is 3.55. The van der Waals surface area contributed by atoms with E-state index in [0.717, 1.165) is 17.7 Å². The molecule has 0 spiro atoms. The summed E-state index contributed by atoms with van der Waals surface area (Å²) in [4.78, 5) is 13.1. The summed E-state index contributed by atoms with van der Waals surface area (Å²) in [6.45, 7) is 4.17. The van der Waals surface area contributed by atoms with E-state index in [1.54, 1.807) is 17.1 Å². The van der Waals surface area contributed by atoms with Gasteiger partial charge in [0.2, 0.25) is 0 Å². The molecule has 3 rings (SSSR count). The Labute approximate surface area is 159 Å². The number of carbonyl (C=O) groups excluding carboxylic acids is 1. The van der Waals surface area contributed by atoms with Gasteiger partial charge in [-0.1, -0.05) is 37.6 Å². The van der Waals surface area contributed by atoms with E-state index >= 15 is 0 Å². The maximum atomic E-state index is 13.1. The van der Waals surface area contributed by atoms with Gasteiger partial charge in [0, 0.05) is 36.8 Å². The highest BCUT2D eigenvalue weighted by molar-refractivity contribution is 6.30. The van der Waals surface area contributed by atoms with Crippen molar-refractivity contribution in [3.05, 3.63) is 57.5 Å². The molecule has 5 nitrogen and oxygen atoms in total. The lowest BCUT2D eigenvalue weighted by atomic mass is 9.69. The number of nitrogens with two attached hydrogens (primary N) is 1. The SMILES string of the molecule is CN(C)N1C(N)=C(C#N)[C@H](c2ccc(Cl)cc2)C2=C1CC(C)(C)CC2=O. The third kappa shape index (κ3) is 3.00. The number of halogens is 1. The fraction of sp³-hybridized carbons (Fsp3) is 0.400. The minimum Gasteiger partial charge on any atom is -0.383 e. The van der Waals surface area contributed by atoms with E-state index in [0.29, 0.717) is 28.4 Å². The molecule has 1 aliphatic heterocycles. The van der Waals surface area contributed by atoms with Crippen molar-refractivity contribution in [2.45, 2.75) is 32.6 Å². The molecule has 2 N–H and O–H groups in total. The molecule has 0 fully saturated rings. The lowest BCUT2D eigenvalue weighted by Gasteiger charge is -2.45. The number of hydrazine groups is 1. The van der Waals surface area contributed by atoms with E-state index in [9.17, 15) is 10.1 Å². The van der Waals surface area contributed by atoms with Crippen molar-refractivity contribution in [2.75, 3.05) is 14.1 Å². The van der Waals surface area contributed by atoms with Gasteiger partial charge in [-0.05, 0) is 29.5 Å². The summed E-state index contributed by atoms with van der Waals surface area (Å²) in [6.07, 6.45) is 1.17. The molecule has 1 atom stereocenters. The van der Waals surface area contributed by atoms with Crippen LogP contribution in [-0.2, 0) is 4.79 Å². The van der Waals surface area contributed by atoms with Gasteiger partial charge >= 0.3 is 0 Å². The number of carbonyl (C=O) groups is 1. The smallest absolute Gasteiger partial charge is 0.162 e. The van der Waals surface area contributed by atoms with Gasteiger partial charge in [-0.25, -0.2) is 5.01 Å². The molecule has 2 aliphatic rings. The van der Waals surface area contributed by atoms with Crippen LogP contribution in [-0.4, -0.2) is 29.9 Å². The lowest BCUT2D eigenvalue weighted by molar-refractivity contribution is -0.119. The van der Waals surface area contributed by atoms with Crippen molar-refractivity contribution in [1.29, 1.82) is 5.26 Å². The summed E-state index contributed by atoms with van der Waals surface area (Å²) in [7, 11) is 3.72. The summed E-state index contributed by atoms with van der Waals surface area (Å²) in [5.74, 6) is -0.00272. The van der Waals surface area contributed by atoms with Gasteiger partial charge in [-0.2, -0.15) is 5.26 Å². The van der Waals surface area contributed by atoms with Crippen LogP contribution >= 0.6 is 11.6 Å². The van der Waals surface area contributed by atoms with Crippen molar-refractivity contribution in [3.8, 4) is 6.07 Å². The van der Waals surface area contributed by atoms with Crippen molar-refractivity contribution in [2.24, 2.45) is 11.1 Å². The Kier molecular flexibility index (Phi) is 4.60. The predicted molar refractivity (Wildman–Crippen MR) is 102 cm³/mol. The molecule has 0 bridgehead atoms. The Morgan fingerprint density at radius 2 is 1.88 bits per heavy atom. The van der Waals surface area contributed by atoms with Crippen LogP contribution in [0.3, 0.4) is 0 Å². The lowest BCUT2D eigenvalue weighted by Crippen LogP contribution is -2.47. The second kappa shape index (κ2) is 6.46. The van der Waals surface area contributed by atoms with Crippen LogP contribution in [0.1, 0.15) is 38.2 Å². The van der Waals surface area contributed by atoms with Gasteiger partial charge in [0.15, 0.2) is 5.78 Å². The zero-order valence-corrected chi connectivity index (χ0v) is 16.3. The normalized spacial score (nSPS) is 22.6. The van der Waals surface area contributed by atoms with E-state index in [-0.39, 0.29) is 11.2 Å². The maximum absolute atomic E-state index is 13.1. The van der Waals surface area contributed by atoms with Crippen LogP contribution in [0.4, 0.5) is 0 Å². The summed E-state index contributed by atoms with van der Waals surface area (Å²) >= 11 is 6.02. The zero-order valence-electron chi connectivity index (χ0n) is 15.5. The summed E-state index contributed by atoms with van der Waals surface area (Å²) in [6, 6.07) is 9.52. The third-order valence-corrected chi connectivity index (χ3v) is 5.21. The van der Waals surface area contributed by atoms with Gasteiger partial charge in [0.25, 0.3) is 0 Å². The van der Waals surface area contributed by atoms with Gasteiger partial charge in [-0.15, -0.1) is 0 Å². The number of Topliss-reactive ketones (excluding diaryl/α,β-unsaturated/α-hetero) is 1. The Hall–Kier alpha value is -2.29. The molecule has 6 heteroatoms. The van der Waals surface area contributed by atoms with Crippen molar-refractivity contribution < 1.29 is 4.79 Å². The van der Waals surface area contributed by atoms with Crippen LogP contribution in [0.25, 0.3) is 0 Å². The molecule has 1 aromatic carbocycles. The topological polar surface area (TPSA) is 73.4 Å². The first-order valence-electron chi connectivity index (χ1n) is 8.55. The summed E-state index contributed by atoms with van der Waals surface area (Å²) < 4.78 is 0. The Balaban J connectivity index is 2.27. The molecule has 136 valence electrons.